The molecule has 2 heterocycles. The molecule has 1 saturated heterocycles. The number of hydrogen-bond donors (Lipinski definition) is 0. The van der Waals surface area contributed by atoms with Crippen molar-refractivity contribution >= 4 is 22.0 Å². The van der Waals surface area contributed by atoms with Crippen molar-refractivity contribution in [2.45, 2.75) is 31.7 Å². The highest BCUT2D eigenvalue weighted by molar-refractivity contribution is 9.10. The van der Waals surface area contributed by atoms with E-state index in [-0.39, 0.29) is 12.1 Å². The molecule has 27 heavy (non-hydrogen) atoms. The highest BCUT2D eigenvalue weighted by Crippen LogP contribution is 2.23. The molecular weight excluding hydrogens is 404 g/mol. The maximum Gasteiger partial charge on any atom is 0.346 e. The normalized spacial score (nSPS) is 17.1. The first-order valence-corrected chi connectivity index (χ1v) is 10.0. The predicted octanol–water partition coefficient (Wildman–Crippen LogP) is 4.77. The van der Waals surface area contributed by atoms with Crippen LogP contribution in [0.4, 0.5) is 4.79 Å². The van der Waals surface area contributed by atoms with Crippen molar-refractivity contribution in [3.63, 3.8) is 0 Å². The van der Waals surface area contributed by atoms with Crippen LogP contribution in [-0.2, 0) is 6.42 Å². The van der Waals surface area contributed by atoms with E-state index < -0.39 is 0 Å². The molecule has 1 fully saturated rings. The molecule has 1 aliphatic heterocycles. The van der Waals surface area contributed by atoms with E-state index in [4.69, 9.17) is 0 Å². The molecule has 2 aromatic carbocycles. The lowest BCUT2D eigenvalue weighted by Gasteiger charge is -2.35. The lowest BCUT2D eigenvalue weighted by atomic mass is 9.96. The molecule has 1 atom stereocenters. The van der Waals surface area contributed by atoms with E-state index in [9.17, 15) is 4.79 Å². The minimum Gasteiger partial charge on any atom is -0.320 e. The lowest BCUT2D eigenvalue weighted by molar-refractivity contribution is 0.149. The van der Waals surface area contributed by atoms with Crippen molar-refractivity contribution in [2.75, 3.05) is 6.54 Å². The molecule has 4 rings (SSSR count). The third-order valence-electron chi connectivity index (χ3n) is 5.02. The van der Waals surface area contributed by atoms with Crippen LogP contribution in [0, 0.1) is 0 Å². The number of hydrogen-bond acceptors (Lipinski definition) is 3. The van der Waals surface area contributed by atoms with Crippen LogP contribution in [0.3, 0.4) is 0 Å². The van der Waals surface area contributed by atoms with Gasteiger partial charge in [0.25, 0.3) is 0 Å². The van der Waals surface area contributed by atoms with Crippen molar-refractivity contribution < 1.29 is 4.79 Å². The van der Waals surface area contributed by atoms with Crippen molar-refractivity contribution in [2.24, 2.45) is 0 Å². The number of amides is 1. The van der Waals surface area contributed by atoms with Gasteiger partial charge in [-0.15, -0.1) is 5.10 Å². The topological polar surface area (TPSA) is 51.0 Å². The van der Waals surface area contributed by atoms with Crippen LogP contribution in [-0.4, -0.2) is 38.5 Å². The van der Waals surface area contributed by atoms with Crippen molar-refractivity contribution in [3.8, 4) is 11.3 Å². The van der Waals surface area contributed by atoms with Gasteiger partial charge < -0.3 is 4.90 Å². The van der Waals surface area contributed by atoms with Crippen LogP contribution in [0.5, 0.6) is 0 Å². The van der Waals surface area contributed by atoms with Gasteiger partial charge in [0.2, 0.25) is 0 Å². The second-order valence-electron chi connectivity index (χ2n) is 6.87. The van der Waals surface area contributed by atoms with E-state index in [1.165, 1.54) is 10.2 Å². The Bertz CT molecular complexity index is 907. The van der Waals surface area contributed by atoms with Crippen LogP contribution in [0.2, 0.25) is 0 Å². The van der Waals surface area contributed by atoms with E-state index in [0.29, 0.717) is 5.69 Å². The maximum atomic E-state index is 13.1. The number of piperidine rings is 1. The second kappa shape index (κ2) is 8.05. The van der Waals surface area contributed by atoms with Crippen LogP contribution in [0.15, 0.2) is 65.3 Å². The van der Waals surface area contributed by atoms with E-state index in [1.54, 1.807) is 6.20 Å². The summed E-state index contributed by atoms with van der Waals surface area (Å²) in [5.41, 5.74) is 2.90. The zero-order valence-electron chi connectivity index (χ0n) is 15.0. The third kappa shape index (κ3) is 4.11. The Morgan fingerprint density at radius 1 is 1.07 bits per heavy atom. The number of likely N-dealkylation sites (tertiary alicyclic amines) is 1. The molecule has 6 heteroatoms. The summed E-state index contributed by atoms with van der Waals surface area (Å²) in [5.74, 6) is 0. The fourth-order valence-corrected chi connectivity index (χ4v) is 3.86. The first-order valence-electron chi connectivity index (χ1n) is 9.24. The van der Waals surface area contributed by atoms with Crippen LogP contribution in [0.25, 0.3) is 11.3 Å². The molecule has 138 valence electrons. The molecule has 0 bridgehead atoms. The van der Waals surface area contributed by atoms with Gasteiger partial charge >= 0.3 is 6.03 Å². The molecule has 0 saturated carbocycles. The van der Waals surface area contributed by atoms with Crippen molar-refractivity contribution in [1.29, 1.82) is 0 Å². The summed E-state index contributed by atoms with van der Waals surface area (Å²) < 4.78 is 2.38. The van der Waals surface area contributed by atoms with Crippen molar-refractivity contribution in [3.05, 3.63) is 70.8 Å². The SMILES string of the molecule is O=C(N1CCCCC1Cc1ccccc1)n1cc(-c2ccc(Br)cc2)nn1. The average molecular weight is 425 g/mol. The average Bonchev–Trinajstić information content (AvgIpc) is 3.19. The molecule has 3 aromatic rings. The van der Waals surface area contributed by atoms with Crippen LogP contribution < -0.4 is 0 Å². The fourth-order valence-electron chi connectivity index (χ4n) is 3.59. The van der Waals surface area contributed by atoms with Gasteiger partial charge in [-0.05, 0) is 43.4 Å². The molecule has 0 N–H and O–H groups in total. The number of carbonyl (C=O) groups is 1. The van der Waals surface area contributed by atoms with E-state index in [1.807, 2.05) is 47.4 Å². The smallest absolute Gasteiger partial charge is 0.320 e. The summed E-state index contributed by atoms with van der Waals surface area (Å²) in [7, 11) is 0. The van der Waals surface area contributed by atoms with Gasteiger partial charge in [-0.2, -0.15) is 4.68 Å². The molecule has 5 nitrogen and oxygen atoms in total. The molecule has 1 aromatic heterocycles. The van der Waals surface area contributed by atoms with Gasteiger partial charge in [-0.25, -0.2) is 4.79 Å². The minimum atomic E-state index is -0.0912. The van der Waals surface area contributed by atoms with Gasteiger partial charge in [-0.3, -0.25) is 0 Å². The summed E-state index contributed by atoms with van der Waals surface area (Å²) in [6, 6.07) is 18.3. The monoisotopic (exact) mass is 424 g/mol. The summed E-state index contributed by atoms with van der Waals surface area (Å²) in [6.45, 7) is 0.768. The number of benzene rings is 2. The van der Waals surface area contributed by atoms with E-state index >= 15 is 0 Å². The molecule has 1 amide bonds. The number of carbonyl (C=O) groups excluding carboxylic acids is 1. The molecule has 0 spiro atoms. The lowest BCUT2D eigenvalue weighted by Crippen LogP contribution is -2.46. The van der Waals surface area contributed by atoms with Gasteiger partial charge in [0.1, 0.15) is 5.69 Å². The standard InChI is InChI=1S/C21H21BrN4O/c22-18-11-9-17(10-12-18)20-15-26(24-23-20)21(27)25-13-5-4-8-19(25)14-16-6-2-1-3-7-16/h1-3,6-7,9-12,15,19H,4-5,8,13-14H2. The van der Waals surface area contributed by atoms with Gasteiger partial charge in [0, 0.05) is 22.6 Å². The minimum absolute atomic E-state index is 0.0912. The first-order chi connectivity index (χ1) is 13.2. The molecular formula is C21H21BrN4O. The second-order valence-corrected chi connectivity index (χ2v) is 7.79. The number of rotatable bonds is 3. The zero-order valence-corrected chi connectivity index (χ0v) is 16.5. The van der Waals surface area contributed by atoms with Gasteiger partial charge in [0.05, 0.1) is 6.20 Å². The Morgan fingerprint density at radius 2 is 1.85 bits per heavy atom. The van der Waals surface area contributed by atoms with Crippen LogP contribution >= 0.6 is 15.9 Å². The van der Waals surface area contributed by atoms with E-state index in [2.05, 4.69) is 38.4 Å². The molecule has 1 aliphatic rings. The number of aromatic nitrogens is 3. The van der Waals surface area contributed by atoms with Gasteiger partial charge in [0.15, 0.2) is 0 Å². The van der Waals surface area contributed by atoms with Crippen molar-refractivity contribution in [1.82, 2.24) is 19.9 Å². The highest BCUT2D eigenvalue weighted by atomic mass is 79.9. The Morgan fingerprint density at radius 3 is 2.63 bits per heavy atom. The zero-order chi connectivity index (χ0) is 18.6. The molecule has 0 aliphatic carbocycles. The van der Waals surface area contributed by atoms with E-state index in [0.717, 1.165) is 42.3 Å². The molecule has 1 unspecified atom stereocenters. The number of nitrogens with zero attached hydrogens (tertiary/aromatic N) is 4. The Kier molecular flexibility index (Phi) is 5.34. The summed E-state index contributed by atoms with van der Waals surface area (Å²) in [5, 5.41) is 8.29. The third-order valence-corrected chi connectivity index (χ3v) is 5.55. The quantitative estimate of drug-likeness (QED) is 0.607. The Labute approximate surface area is 167 Å². The Hall–Kier alpha value is -2.47. The maximum absolute atomic E-state index is 13.1. The summed E-state index contributed by atoms with van der Waals surface area (Å²) in [6.07, 6.45) is 5.81. The highest BCUT2D eigenvalue weighted by Gasteiger charge is 2.28. The fraction of sp³-hybridized carbons (Fsp3) is 0.286. The Balaban J connectivity index is 1.52. The van der Waals surface area contributed by atoms with Gasteiger partial charge in [-0.1, -0.05) is 63.6 Å². The summed E-state index contributed by atoms with van der Waals surface area (Å²) >= 11 is 3.43. The molecule has 0 radical (unpaired) electrons. The number of halogens is 1. The summed E-state index contributed by atoms with van der Waals surface area (Å²) in [4.78, 5) is 15.0. The first kappa shape index (κ1) is 17.9. The predicted molar refractivity (Wildman–Crippen MR) is 108 cm³/mol. The van der Waals surface area contributed by atoms with Crippen LogP contribution in [0.1, 0.15) is 24.8 Å². The largest absolute Gasteiger partial charge is 0.346 e.